The molecule has 2 aliphatic heterocycles. The van der Waals surface area contributed by atoms with Gasteiger partial charge in [-0.25, -0.2) is 0 Å². The molecule has 1 fully saturated rings. The van der Waals surface area contributed by atoms with Gasteiger partial charge in [0.25, 0.3) is 5.91 Å². The van der Waals surface area contributed by atoms with Crippen molar-refractivity contribution in [2.24, 2.45) is 0 Å². The molecule has 1 saturated heterocycles. The van der Waals surface area contributed by atoms with Gasteiger partial charge >= 0.3 is 0 Å². The Morgan fingerprint density at radius 1 is 1.37 bits per heavy atom. The Labute approximate surface area is 112 Å². The first-order valence-electron chi connectivity index (χ1n) is 6.61. The highest BCUT2D eigenvalue weighted by Gasteiger charge is 2.33. The van der Waals surface area contributed by atoms with E-state index in [-0.39, 0.29) is 18.6 Å². The second kappa shape index (κ2) is 5.09. The van der Waals surface area contributed by atoms with Gasteiger partial charge < -0.3 is 19.7 Å². The Morgan fingerprint density at radius 2 is 2.16 bits per heavy atom. The van der Waals surface area contributed by atoms with Crippen LogP contribution in [-0.2, 0) is 4.79 Å². The molecule has 0 spiro atoms. The number of para-hydroxylation sites is 2. The molecule has 0 saturated carbocycles. The highest BCUT2D eigenvalue weighted by Crippen LogP contribution is 2.31. The van der Waals surface area contributed by atoms with Crippen LogP contribution in [0.4, 0.5) is 0 Å². The number of fused-ring (bicyclic) bond motifs is 1. The maximum atomic E-state index is 12.4. The average Bonchev–Trinajstić information content (AvgIpc) is 2.99. The maximum absolute atomic E-state index is 12.4. The van der Waals surface area contributed by atoms with E-state index in [1.54, 1.807) is 4.90 Å². The number of likely N-dealkylation sites (N-methyl/N-ethyl adjacent to an activating group) is 1. The Bertz CT molecular complexity index is 472. The van der Waals surface area contributed by atoms with Gasteiger partial charge in [-0.05, 0) is 25.1 Å². The second-order valence-corrected chi connectivity index (χ2v) is 4.96. The SMILES string of the molecule is CN(C(=O)[C@H]1COc2ccccc2O1)[C@@H]1CCNC1. The zero-order valence-corrected chi connectivity index (χ0v) is 11.0. The van der Waals surface area contributed by atoms with Crippen LogP contribution >= 0.6 is 0 Å². The number of carbonyl (C=O) groups excluding carboxylic acids is 1. The van der Waals surface area contributed by atoms with Gasteiger partial charge in [0.05, 0.1) is 0 Å². The minimum absolute atomic E-state index is 0.0109. The Hall–Kier alpha value is -1.75. The van der Waals surface area contributed by atoms with Gasteiger partial charge in [-0.1, -0.05) is 12.1 Å². The van der Waals surface area contributed by atoms with Gasteiger partial charge in [-0.3, -0.25) is 4.79 Å². The Balaban J connectivity index is 1.68. The molecule has 1 N–H and O–H groups in total. The third kappa shape index (κ3) is 2.38. The number of amides is 1. The molecule has 1 aromatic carbocycles. The van der Waals surface area contributed by atoms with E-state index >= 15 is 0 Å². The number of nitrogens with one attached hydrogen (secondary N) is 1. The van der Waals surface area contributed by atoms with Gasteiger partial charge in [0.1, 0.15) is 6.61 Å². The smallest absolute Gasteiger partial charge is 0.267 e. The van der Waals surface area contributed by atoms with Gasteiger partial charge in [-0.2, -0.15) is 0 Å². The number of rotatable bonds is 2. The fourth-order valence-electron chi connectivity index (χ4n) is 2.52. The summed E-state index contributed by atoms with van der Waals surface area (Å²) in [4.78, 5) is 14.2. The minimum atomic E-state index is -0.541. The van der Waals surface area contributed by atoms with Gasteiger partial charge in [-0.15, -0.1) is 0 Å². The first-order chi connectivity index (χ1) is 9.25. The molecule has 19 heavy (non-hydrogen) atoms. The van der Waals surface area contributed by atoms with Crippen LogP contribution in [0, 0.1) is 0 Å². The summed E-state index contributed by atoms with van der Waals surface area (Å²) in [6.07, 6.45) is 0.451. The largest absolute Gasteiger partial charge is 0.485 e. The molecular weight excluding hydrogens is 244 g/mol. The number of hydrogen-bond acceptors (Lipinski definition) is 4. The zero-order chi connectivity index (χ0) is 13.2. The first kappa shape index (κ1) is 12.3. The van der Waals surface area contributed by atoms with E-state index < -0.39 is 6.10 Å². The summed E-state index contributed by atoms with van der Waals surface area (Å²) in [6.45, 7) is 2.10. The summed E-state index contributed by atoms with van der Waals surface area (Å²) in [5.74, 6) is 1.34. The fraction of sp³-hybridized carbons (Fsp3) is 0.500. The van der Waals surface area contributed by atoms with Crippen molar-refractivity contribution in [1.82, 2.24) is 10.2 Å². The van der Waals surface area contributed by atoms with E-state index in [1.165, 1.54) is 0 Å². The van der Waals surface area contributed by atoms with Crippen molar-refractivity contribution in [1.29, 1.82) is 0 Å². The van der Waals surface area contributed by atoms with Crippen LogP contribution in [0.5, 0.6) is 11.5 Å². The molecule has 0 radical (unpaired) electrons. The number of benzene rings is 1. The molecule has 2 atom stereocenters. The molecule has 0 aromatic heterocycles. The molecule has 0 unspecified atom stereocenters. The van der Waals surface area contributed by atoms with Crippen molar-refractivity contribution >= 4 is 5.91 Å². The fourth-order valence-corrected chi connectivity index (χ4v) is 2.52. The van der Waals surface area contributed by atoms with Crippen molar-refractivity contribution in [2.45, 2.75) is 18.6 Å². The third-order valence-electron chi connectivity index (χ3n) is 3.71. The van der Waals surface area contributed by atoms with Crippen LogP contribution in [-0.4, -0.2) is 49.7 Å². The minimum Gasteiger partial charge on any atom is -0.485 e. The van der Waals surface area contributed by atoms with Crippen LogP contribution in [0.1, 0.15) is 6.42 Å². The third-order valence-corrected chi connectivity index (χ3v) is 3.71. The molecule has 0 bridgehead atoms. The van der Waals surface area contributed by atoms with E-state index in [0.29, 0.717) is 11.5 Å². The van der Waals surface area contributed by atoms with Crippen LogP contribution in [0.15, 0.2) is 24.3 Å². The zero-order valence-electron chi connectivity index (χ0n) is 11.0. The lowest BCUT2D eigenvalue weighted by molar-refractivity contribution is -0.141. The predicted molar refractivity (Wildman–Crippen MR) is 70.4 cm³/mol. The van der Waals surface area contributed by atoms with Gasteiger partial charge in [0, 0.05) is 19.6 Å². The van der Waals surface area contributed by atoms with Gasteiger partial charge in [0.2, 0.25) is 6.10 Å². The summed E-state index contributed by atoms with van der Waals surface area (Å²) < 4.78 is 11.3. The van der Waals surface area contributed by atoms with E-state index in [9.17, 15) is 4.79 Å². The van der Waals surface area contributed by atoms with Crippen LogP contribution in [0.25, 0.3) is 0 Å². The number of nitrogens with zero attached hydrogens (tertiary/aromatic N) is 1. The molecular formula is C14H18N2O3. The molecule has 5 nitrogen and oxygen atoms in total. The predicted octanol–water partition coefficient (Wildman–Crippen LogP) is 0.647. The summed E-state index contributed by atoms with van der Waals surface area (Å²) in [7, 11) is 1.84. The standard InChI is InChI=1S/C14H18N2O3/c1-16(10-6-7-15-8-10)14(17)13-9-18-11-4-2-3-5-12(11)19-13/h2-5,10,13,15H,6-9H2,1H3/t10-,13-/m1/s1. The number of ether oxygens (including phenoxy) is 2. The molecule has 3 rings (SSSR count). The number of hydrogen-bond donors (Lipinski definition) is 1. The van der Waals surface area contributed by atoms with E-state index in [2.05, 4.69) is 5.32 Å². The maximum Gasteiger partial charge on any atom is 0.267 e. The Kier molecular flexibility index (Phi) is 3.29. The lowest BCUT2D eigenvalue weighted by Gasteiger charge is -2.31. The molecule has 1 aromatic rings. The van der Waals surface area contributed by atoms with Crippen molar-refractivity contribution < 1.29 is 14.3 Å². The lowest BCUT2D eigenvalue weighted by atomic mass is 10.2. The molecule has 5 heteroatoms. The normalized spacial score (nSPS) is 25.1. The monoisotopic (exact) mass is 262 g/mol. The number of carbonyl (C=O) groups is 1. The molecule has 2 aliphatic rings. The lowest BCUT2D eigenvalue weighted by Crippen LogP contribution is -2.49. The van der Waals surface area contributed by atoms with Crippen molar-refractivity contribution in [3.05, 3.63) is 24.3 Å². The second-order valence-electron chi connectivity index (χ2n) is 4.96. The van der Waals surface area contributed by atoms with E-state index in [0.717, 1.165) is 19.5 Å². The molecule has 0 aliphatic carbocycles. The average molecular weight is 262 g/mol. The van der Waals surface area contributed by atoms with Gasteiger partial charge in [0.15, 0.2) is 11.5 Å². The van der Waals surface area contributed by atoms with Crippen molar-refractivity contribution in [3.63, 3.8) is 0 Å². The summed E-state index contributed by atoms with van der Waals surface area (Å²) in [6, 6.07) is 7.70. The first-order valence-corrected chi connectivity index (χ1v) is 6.61. The quantitative estimate of drug-likeness (QED) is 0.850. The molecule has 2 heterocycles. The van der Waals surface area contributed by atoms with E-state index in [1.807, 2.05) is 31.3 Å². The van der Waals surface area contributed by atoms with E-state index in [4.69, 9.17) is 9.47 Å². The van der Waals surface area contributed by atoms with Crippen molar-refractivity contribution in [3.8, 4) is 11.5 Å². The van der Waals surface area contributed by atoms with Crippen LogP contribution in [0.2, 0.25) is 0 Å². The highest BCUT2D eigenvalue weighted by atomic mass is 16.6. The molecule has 1 amide bonds. The summed E-state index contributed by atoms with van der Waals surface area (Å²) in [5, 5.41) is 3.26. The summed E-state index contributed by atoms with van der Waals surface area (Å²) in [5.41, 5.74) is 0. The van der Waals surface area contributed by atoms with Crippen LogP contribution in [0.3, 0.4) is 0 Å². The highest BCUT2D eigenvalue weighted by molar-refractivity contribution is 5.82. The summed E-state index contributed by atoms with van der Waals surface area (Å²) >= 11 is 0. The molecule has 102 valence electrons. The van der Waals surface area contributed by atoms with Crippen molar-refractivity contribution in [2.75, 3.05) is 26.7 Å². The topological polar surface area (TPSA) is 50.8 Å². The van der Waals surface area contributed by atoms with Crippen LogP contribution < -0.4 is 14.8 Å². The Morgan fingerprint density at radius 3 is 2.89 bits per heavy atom.